The number of ether oxygens (including phenoxy) is 4. The van der Waals surface area contributed by atoms with Gasteiger partial charge in [-0.3, -0.25) is 4.79 Å². The summed E-state index contributed by atoms with van der Waals surface area (Å²) < 4.78 is 25.7. The lowest BCUT2D eigenvalue weighted by atomic mass is 9.52. The van der Waals surface area contributed by atoms with Crippen LogP contribution in [-0.2, 0) is 36.6 Å². The fraction of sp³-hybridized carbons (Fsp3) is 0.550. The van der Waals surface area contributed by atoms with Crippen LogP contribution in [0.3, 0.4) is 0 Å². The van der Waals surface area contributed by atoms with E-state index < -0.39 is 30.1 Å². The van der Waals surface area contributed by atoms with E-state index in [1.165, 1.54) is 16.7 Å². The molecule has 7 atom stereocenters. The second kappa shape index (κ2) is 11.9. The lowest BCUT2D eigenvalue weighted by Crippen LogP contribution is -2.45. The Bertz CT molecular complexity index is 1650. The molecule has 254 valence electrons. The van der Waals surface area contributed by atoms with Crippen molar-refractivity contribution in [1.29, 1.82) is 0 Å². The SMILES string of the molecule is CC1(C)C[C@@H]2C(=Cc3ccccc3C(=O)O[C@@H]3CC(C(=O)NCCO)=C[C@H]4OC5(Cc6ccccc6C5)O[C@H]43)CCC3O[C@]3(C)CC[C@H]21. The lowest BCUT2D eigenvalue weighted by molar-refractivity contribution is -0.172. The zero-order valence-corrected chi connectivity index (χ0v) is 28.2. The highest BCUT2D eigenvalue weighted by molar-refractivity contribution is 5.95. The van der Waals surface area contributed by atoms with E-state index in [0.717, 1.165) is 37.7 Å². The summed E-state index contributed by atoms with van der Waals surface area (Å²) >= 11 is 0. The Balaban J connectivity index is 1.06. The number of hydrogen-bond acceptors (Lipinski definition) is 7. The maximum atomic E-state index is 14.1. The zero-order chi connectivity index (χ0) is 33.3. The minimum atomic E-state index is -0.870. The summed E-state index contributed by atoms with van der Waals surface area (Å²) in [6.45, 7) is 7.00. The van der Waals surface area contributed by atoms with E-state index in [4.69, 9.17) is 18.9 Å². The van der Waals surface area contributed by atoms with Crippen LogP contribution in [0.4, 0.5) is 0 Å². The molecule has 2 N–H and O–H groups in total. The van der Waals surface area contributed by atoms with Gasteiger partial charge in [0.05, 0.1) is 23.9 Å². The summed E-state index contributed by atoms with van der Waals surface area (Å²) in [7, 11) is 0. The molecule has 4 fully saturated rings. The number of rotatable bonds is 6. The van der Waals surface area contributed by atoms with Crippen LogP contribution < -0.4 is 5.32 Å². The Morgan fingerprint density at radius 2 is 1.75 bits per heavy atom. The number of nitrogens with one attached hydrogen (secondary N) is 1. The molecule has 8 heteroatoms. The van der Waals surface area contributed by atoms with E-state index >= 15 is 0 Å². The molecule has 2 aromatic rings. The van der Waals surface area contributed by atoms with Crippen LogP contribution in [0.1, 0.15) is 86.3 Å². The van der Waals surface area contributed by atoms with E-state index in [2.05, 4.69) is 44.3 Å². The minimum Gasteiger partial charge on any atom is -0.456 e. The number of allylic oxidation sites excluding steroid dienone is 1. The Hall–Kier alpha value is -3.30. The van der Waals surface area contributed by atoms with Gasteiger partial charge in [-0.2, -0.15) is 0 Å². The van der Waals surface area contributed by atoms with Crippen molar-refractivity contribution >= 4 is 18.0 Å². The molecule has 2 heterocycles. The van der Waals surface area contributed by atoms with Crippen LogP contribution in [0.2, 0.25) is 0 Å². The van der Waals surface area contributed by atoms with Gasteiger partial charge in [0.15, 0.2) is 5.79 Å². The summed E-state index contributed by atoms with van der Waals surface area (Å²) in [6.07, 6.45) is 9.29. The van der Waals surface area contributed by atoms with E-state index in [1.54, 1.807) is 6.08 Å². The van der Waals surface area contributed by atoms with Gasteiger partial charge < -0.3 is 29.4 Å². The number of carbonyl (C=O) groups excluding carboxylic acids is 2. The maximum Gasteiger partial charge on any atom is 0.339 e. The summed E-state index contributed by atoms with van der Waals surface area (Å²) in [5.41, 5.74) is 5.89. The molecule has 0 radical (unpaired) electrons. The third kappa shape index (κ3) is 5.74. The van der Waals surface area contributed by atoms with Gasteiger partial charge in [0, 0.05) is 31.4 Å². The van der Waals surface area contributed by atoms with Crippen molar-refractivity contribution in [2.45, 2.75) is 108 Å². The summed E-state index contributed by atoms with van der Waals surface area (Å²) in [5.74, 6) is -0.510. The van der Waals surface area contributed by atoms with Crippen LogP contribution >= 0.6 is 0 Å². The largest absolute Gasteiger partial charge is 0.456 e. The van der Waals surface area contributed by atoms with Gasteiger partial charge in [-0.1, -0.05) is 68.0 Å². The molecule has 2 saturated carbocycles. The van der Waals surface area contributed by atoms with E-state index in [0.29, 0.717) is 47.3 Å². The molecule has 1 unspecified atom stereocenters. The van der Waals surface area contributed by atoms with Crippen molar-refractivity contribution in [2.75, 3.05) is 13.2 Å². The molecule has 8 rings (SSSR count). The van der Waals surface area contributed by atoms with Crippen molar-refractivity contribution in [2.24, 2.45) is 17.3 Å². The number of carbonyl (C=O) groups is 2. The van der Waals surface area contributed by atoms with Crippen LogP contribution in [0.5, 0.6) is 0 Å². The molecule has 1 amide bonds. The van der Waals surface area contributed by atoms with Gasteiger partial charge in [-0.15, -0.1) is 0 Å². The molecule has 8 nitrogen and oxygen atoms in total. The molecule has 48 heavy (non-hydrogen) atoms. The standard InChI is InChI=1S/C40H47NO7/c1-38(2)23-30-25(12-13-34-39(3,47-34)15-14-31(30)38)18-24-8-6-7-11-29(24)37(44)45-32-19-28(36(43)41-16-17-42)20-33-35(32)48-40(46-33)21-26-9-4-5-10-27(26)22-40/h4-11,18,20,30-35,42H,12-17,19,21-23H2,1-3H3,(H,41,43)/t30-,31-,32-,33-,34?,35+,39-/m1/s1. The topological polar surface area (TPSA) is 107 Å². The van der Waals surface area contributed by atoms with Crippen molar-refractivity contribution in [3.63, 3.8) is 0 Å². The normalized spacial score (nSPS) is 34.7. The second-order valence-corrected chi connectivity index (χ2v) is 15.7. The first-order valence-corrected chi connectivity index (χ1v) is 17.8. The average molecular weight is 654 g/mol. The molecule has 2 saturated heterocycles. The first-order chi connectivity index (χ1) is 23.1. The van der Waals surface area contributed by atoms with Crippen LogP contribution in [-0.4, -0.2) is 65.9 Å². The Morgan fingerprint density at radius 3 is 2.50 bits per heavy atom. The van der Waals surface area contributed by atoms with Gasteiger partial charge in [0.1, 0.15) is 18.3 Å². The van der Waals surface area contributed by atoms with Gasteiger partial charge in [-0.05, 0) is 85.1 Å². The van der Waals surface area contributed by atoms with E-state index in [-0.39, 0.29) is 31.1 Å². The zero-order valence-electron chi connectivity index (χ0n) is 28.2. The number of hydrogen-bond donors (Lipinski definition) is 2. The quantitative estimate of drug-likeness (QED) is 0.304. The number of benzene rings is 2. The molecule has 4 aliphatic carbocycles. The van der Waals surface area contributed by atoms with Gasteiger partial charge in [0.2, 0.25) is 5.91 Å². The number of aliphatic hydroxyl groups excluding tert-OH is 1. The first kappa shape index (κ1) is 31.9. The molecule has 1 spiro atoms. The highest BCUT2D eigenvalue weighted by atomic mass is 16.8. The number of aliphatic hydroxyl groups is 1. The number of epoxide rings is 1. The van der Waals surface area contributed by atoms with Gasteiger partial charge in [0.25, 0.3) is 0 Å². The average Bonchev–Trinajstić information content (AvgIpc) is 3.36. The van der Waals surface area contributed by atoms with Gasteiger partial charge in [-0.25, -0.2) is 4.79 Å². The highest BCUT2D eigenvalue weighted by Crippen LogP contribution is 2.60. The first-order valence-electron chi connectivity index (χ1n) is 17.8. The Labute approximate surface area is 282 Å². The van der Waals surface area contributed by atoms with Crippen molar-refractivity contribution in [3.05, 3.63) is 88.0 Å². The molecule has 6 aliphatic rings. The lowest BCUT2D eigenvalue weighted by Gasteiger charge is -2.53. The number of esters is 1. The summed E-state index contributed by atoms with van der Waals surface area (Å²) in [4.78, 5) is 27.2. The Kier molecular flexibility index (Phi) is 7.94. The molecular formula is C40H47NO7. The molecule has 0 bridgehead atoms. The number of fused-ring (bicyclic) bond motifs is 4. The number of amides is 1. The Morgan fingerprint density at radius 1 is 1.00 bits per heavy atom. The van der Waals surface area contributed by atoms with E-state index in [1.807, 2.05) is 36.4 Å². The fourth-order valence-corrected chi connectivity index (χ4v) is 9.36. The fourth-order valence-electron chi connectivity index (χ4n) is 9.36. The third-order valence-corrected chi connectivity index (χ3v) is 12.1. The highest BCUT2D eigenvalue weighted by Gasteiger charge is 2.57. The third-order valence-electron chi connectivity index (χ3n) is 12.1. The monoisotopic (exact) mass is 653 g/mol. The van der Waals surface area contributed by atoms with Crippen LogP contribution in [0.25, 0.3) is 6.08 Å². The summed E-state index contributed by atoms with van der Waals surface area (Å²) in [5, 5.41) is 12.0. The van der Waals surface area contributed by atoms with Crippen molar-refractivity contribution in [3.8, 4) is 0 Å². The maximum absolute atomic E-state index is 14.1. The van der Waals surface area contributed by atoms with Crippen molar-refractivity contribution in [1.82, 2.24) is 5.32 Å². The predicted molar refractivity (Wildman–Crippen MR) is 180 cm³/mol. The van der Waals surface area contributed by atoms with E-state index in [9.17, 15) is 14.7 Å². The van der Waals surface area contributed by atoms with Gasteiger partial charge >= 0.3 is 5.97 Å². The molecule has 2 aliphatic heterocycles. The van der Waals surface area contributed by atoms with Crippen LogP contribution in [0.15, 0.2) is 65.8 Å². The summed E-state index contributed by atoms with van der Waals surface area (Å²) in [6, 6.07) is 15.9. The molecule has 2 aromatic carbocycles. The molecule has 0 aromatic heterocycles. The predicted octanol–water partition coefficient (Wildman–Crippen LogP) is 5.71. The smallest absolute Gasteiger partial charge is 0.339 e. The van der Waals surface area contributed by atoms with Crippen molar-refractivity contribution < 1.29 is 33.6 Å². The molecular weight excluding hydrogens is 606 g/mol. The van der Waals surface area contributed by atoms with Crippen LogP contribution in [0, 0.1) is 17.3 Å². The second-order valence-electron chi connectivity index (χ2n) is 15.7. The minimum absolute atomic E-state index is 0.0133.